The molecule has 0 aliphatic carbocycles. The third kappa shape index (κ3) is 6.06. The lowest BCUT2D eigenvalue weighted by Crippen LogP contribution is -2.35. The van der Waals surface area contributed by atoms with Crippen LogP contribution in [-0.4, -0.2) is 30.6 Å². The van der Waals surface area contributed by atoms with Crippen LogP contribution in [0.15, 0.2) is 30.3 Å². The summed E-state index contributed by atoms with van der Waals surface area (Å²) >= 11 is 0. The van der Waals surface area contributed by atoms with Crippen molar-refractivity contribution < 1.29 is 0 Å². The molecule has 20 heavy (non-hydrogen) atoms. The molecule has 1 aromatic carbocycles. The number of nitrogens with one attached hydrogen (secondary N) is 1. The zero-order valence-electron chi connectivity index (χ0n) is 13.7. The number of benzene rings is 1. The van der Waals surface area contributed by atoms with Crippen LogP contribution in [0, 0.1) is 0 Å². The number of hydrogen-bond acceptors (Lipinski definition) is 2. The minimum Gasteiger partial charge on any atom is -0.310 e. The standard InChI is InChI=1S/C18H32N2/c1-5-13-19-18(17-10-8-7-9-11-17)12-15-20(14-6-2)16(3)4/h7-11,16,18-19H,5-6,12-15H2,1-4H3. The van der Waals surface area contributed by atoms with Gasteiger partial charge in [-0.2, -0.15) is 0 Å². The zero-order valence-corrected chi connectivity index (χ0v) is 13.7. The van der Waals surface area contributed by atoms with E-state index in [2.05, 4.69) is 68.2 Å². The molecule has 1 atom stereocenters. The van der Waals surface area contributed by atoms with Gasteiger partial charge in [-0.15, -0.1) is 0 Å². The minimum atomic E-state index is 0.481. The molecular formula is C18H32N2. The number of hydrogen-bond donors (Lipinski definition) is 1. The van der Waals surface area contributed by atoms with Crippen LogP contribution >= 0.6 is 0 Å². The van der Waals surface area contributed by atoms with Gasteiger partial charge in [0.05, 0.1) is 0 Å². The maximum atomic E-state index is 3.70. The molecule has 1 N–H and O–H groups in total. The topological polar surface area (TPSA) is 15.3 Å². The fraction of sp³-hybridized carbons (Fsp3) is 0.667. The highest BCUT2D eigenvalue weighted by Crippen LogP contribution is 2.17. The van der Waals surface area contributed by atoms with E-state index in [1.165, 1.54) is 37.9 Å². The highest BCUT2D eigenvalue weighted by atomic mass is 15.1. The van der Waals surface area contributed by atoms with E-state index in [0.717, 1.165) is 6.54 Å². The van der Waals surface area contributed by atoms with Crippen molar-refractivity contribution in [1.82, 2.24) is 10.2 Å². The van der Waals surface area contributed by atoms with E-state index in [9.17, 15) is 0 Å². The number of rotatable bonds is 10. The smallest absolute Gasteiger partial charge is 0.0332 e. The quantitative estimate of drug-likeness (QED) is 0.687. The van der Waals surface area contributed by atoms with Crippen molar-refractivity contribution in [1.29, 1.82) is 0 Å². The summed E-state index contributed by atoms with van der Waals surface area (Å²) in [5, 5.41) is 3.70. The van der Waals surface area contributed by atoms with Crippen molar-refractivity contribution in [3.05, 3.63) is 35.9 Å². The molecule has 0 saturated heterocycles. The zero-order chi connectivity index (χ0) is 14.8. The predicted molar refractivity (Wildman–Crippen MR) is 89.1 cm³/mol. The summed E-state index contributed by atoms with van der Waals surface area (Å²) in [6.45, 7) is 12.6. The van der Waals surface area contributed by atoms with Gasteiger partial charge in [0.1, 0.15) is 0 Å². The third-order valence-corrected chi connectivity index (χ3v) is 3.79. The van der Waals surface area contributed by atoms with Crippen LogP contribution in [0.1, 0.15) is 58.6 Å². The Morgan fingerprint density at radius 2 is 1.70 bits per heavy atom. The summed E-state index contributed by atoms with van der Waals surface area (Å²) in [6, 6.07) is 12.0. The Morgan fingerprint density at radius 1 is 1.00 bits per heavy atom. The van der Waals surface area contributed by atoms with Gasteiger partial charge in [-0.05, 0) is 51.8 Å². The average Bonchev–Trinajstić information content (AvgIpc) is 2.46. The minimum absolute atomic E-state index is 0.481. The van der Waals surface area contributed by atoms with Crippen LogP contribution in [0.2, 0.25) is 0 Å². The first kappa shape index (κ1) is 17.2. The molecule has 0 saturated carbocycles. The fourth-order valence-electron chi connectivity index (χ4n) is 2.60. The second-order valence-corrected chi connectivity index (χ2v) is 5.84. The van der Waals surface area contributed by atoms with Gasteiger partial charge in [-0.3, -0.25) is 0 Å². The molecule has 0 aliphatic heterocycles. The van der Waals surface area contributed by atoms with Gasteiger partial charge in [-0.25, -0.2) is 0 Å². The summed E-state index contributed by atoms with van der Waals surface area (Å²) in [6.07, 6.45) is 3.60. The monoisotopic (exact) mass is 276 g/mol. The third-order valence-electron chi connectivity index (χ3n) is 3.79. The molecule has 0 heterocycles. The van der Waals surface area contributed by atoms with Gasteiger partial charge in [0.2, 0.25) is 0 Å². The van der Waals surface area contributed by atoms with Crippen molar-refractivity contribution in [3.63, 3.8) is 0 Å². The Bertz CT molecular complexity index is 335. The Kier molecular flexibility index (Phi) is 8.56. The van der Waals surface area contributed by atoms with E-state index in [1.807, 2.05) is 0 Å². The number of nitrogens with zero attached hydrogens (tertiary/aromatic N) is 1. The van der Waals surface area contributed by atoms with Gasteiger partial charge in [0.25, 0.3) is 0 Å². The van der Waals surface area contributed by atoms with Crippen molar-refractivity contribution >= 4 is 0 Å². The molecule has 2 nitrogen and oxygen atoms in total. The summed E-state index contributed by atoms with van der Waals surface area (Å²) < 4.78 is 0. The molecule has 2 heteroatoms. The van der Waals surface area contributed by atoms with Gasteiger partial charge < -0.3 is 10.2 Å². The maximum Gasteiger partial charge on any atom is 0.0332 e. The SMILES string of the molecule is CCCNC(CCN(CCC)C(C)C)c1ccccc1. The second kappa shape index (κ2) is 9.95. The summed E-state index contributed by atoms with van der Waals surface area (Å²) in [7, 11) is 0. The van der Waals surface area contributed by atoms with Crippen LogP contribution in [-0.2, 0) is 0 Å². The highest BCUT2D eigenvalue weighted by Gasteiger charge is 2.14. The predicted octanol–water partition coefficient (Wildman–Crippen LogP) is 4.24. The molecule has 0 amide bonds. The summed E-state index contributed by atoms with van der Waals surface area (Å²) in [5.74, 6) is 0. The van der Waals surface area contributed by atoms with E-state index in [0.29, 0.717) is 12.1 Å². The Morgan fingerprint density at radius 3 is 2.25 bits per heavy atom. The van der Waals surface area contributed by atoms with E-state index < -0.39 is 0 Å². The lowest BCUT2D eigenvalue weighted by Gasteiger charge is -2.28. The Hall–Kier alpha value is -0.860. The van der Waals surface area contributed by atoms with Crippen LogP contribution in [0.5, 0.6) is 0 Å². The highest BCUT2D eigenvalue weighted by molar-refractivity contribution is 5.18. The van der Waals surface area contributed by atoms with Crippen LogP contribution in [0.3, 0.4) is 0 Å². The lowest BCUT2D eigenvalue weighted by atomic mass is 10.0. The summed E-state index contributed by atoms with van der Waals surface area (Å²) in [5.41, 5.74) is 1.42. The molecule has 114 valence electrons. The van der Waals surface area contributed by atoms with Crippen LogP contribution < -0.4 is 5.32 Å². The lowest BCUT2D eigenvalue weighted by molar-refractivity contribution is 0.209. The van der Waals surface area contributed by atoms with Gasteiger partial charge in [-0.1, -0.05) is 44.2 Å². The average molecular weight is 276 g/mol. The van der Waals surface area contributed by atoms with E-state index >= 15 is 0 Å². The van der Waals surface area contributed by atoms with Crippen LogP contribution in [0.25, 0.3) is 0 Å². The van der Waals surface area contributed by atoms with Crippen molar-refractivity contribution in [2.45, 2.75) is 59.0 Å². The summed E-state index contributed by atoms with van der Waals surface area (Å²) in [4.78, 5) is 2.59. The first-order valence-corrected chi connectivity index (χ1v) is 8.21. The molecule has 0 bridgehead atoms. The maximum absolute atomic E-state index is 3.70. The van der Waals surface area contributed by atoms with Gasteiger partial charge in [0, 0.05) is 18.6 Å². The fourth-order valence-corrected chi connectivity index (χ4v) is 2.60. The molecule has 1 rings (SSSR count). The van der Waals surface area contributed by atoms with Crippen LogP contribution in [0.4, 0.5) is 0 Å². The molecule has 0 aliphatic rings. The van der Waals surface area contributed by atoms with Crippen molar-refractivity contribution in [3.8, 4) is 0 Å². The normalized spacial score (nSPS) is 13.1. The Labute approximate surface area is 125 Å². The first-order valence-electron chi connectivity index (χ1n) is 8.21. The van der Waals surface area contributed by atoms with E-state index in [4.69, 9.17) is 0 Å². The van der Waals surface area contributed by atoms with Gasteiger partial charge >= 0.3 is 0 Å². The van der Waals surface area contributed by atoms with E-state index in [1.54, 1.807) is 0 Å². The molecule has 0 spiro atoms. The molecule has 1 unspecified atom stereocenters. The molecular weight excluding hydrogens is 244 g/mol. The van der Waals surface area contributed by atoms with Gasteiger partial charge in [0.15, 0.2) is 0 Å². The largest absolute Gasteiger partial charge is 0.310 e. The second-order valence-electron chi connectivity index (χ2n) is 5.84. The van der Waals surface area contributed by atoms with E-state index in [-0.39, 0.29) is 0 Å². The Balaban J connectivity index is 2.60. The molecule has 0 radical (unpaired) electrons. The molecule has 1 aromatic rings. The first-order chi connectivity index (χ1) is 9.69. The molecule has 0 fully saturated rings. The molecule has 0 aromatic heterocycles. The van der Waals surface area contributed by atoms with Crippen molar-refractivity contribution in [2.75, 3.05) is 19.6 Å². The van der Waals surface area contributed by atoms with Crippen molar-refractivity contribution in [2.24, 2.45) is 0 Å².